The first-order valence-corrected chi connectivity index (χ1v) is 8.70. The van der Waals surface area contributed by atoms with Crippen molar-refractivity contribution in [1.82, 2.24) is 20.9 Å². The van der Waals surface area contributed by atoms with Crippen molar-refractivity contribution in [2.45, 2.75) is 73.0 Å². The van der Waals surface area contributed by atoms with Crippen LogP contribution in [0.1, 0.15) is 55.4 Å². The van der Waals surface area contributed by atoms with Gasteiger partial charge in [0.15, 0.2) is 5.96 Å². The predicted molar refractivity (Wildman–Crippen MR) is 98.7 cm³/mol. The summed E-state index contributed by atoms with van der Waals surface area (Å²) in [6.45, 7) is 22.1. The summed E-state index contributed by atoms with van der Waals surface area (Å²) in [5.74, 6) is 0.908. The lowest BCUT2D eigenvalue weighted by Gasteiger charge is -2.30. The predicted octanol–water partition coefficient (Wildman–Crippen LogP) is 2.05. The summed E-state index contributed by atoms with van der Waals surface area (Å²) in [6, 6.07) is 1.13. The van der Waals surface area contributed by atoms with Gasteiger partial charge in [0.25, 0.3) is 0 Å². The van der Waals surface area contributed by atoms with Gasteiger partial charge in [-0.1, -0.05) is 0 Å². The molecule has 0 bridgehead atoms. The summed E-state index contributed by atoms with van der Waals surface area (Å²) in [6.07, 6.45) is 0. The van der Waals surface area contributed by atoms with E-state index in [2.05, 4.69) is 81.2 Å². The third kappa shape index (κ3) is 10.9. The number of nitrogens with zero attached hydrogens (tertiary/aromatic N) is 2. The fraction of sp³-hybridized carbons (Fsp3) is 0.941. The maximum Gasteiger partial charge on any atom is 0.191 e. The number of aliphatic imine (C=N–C) groups is 1. The summed E-state index contributed by atoms with van der Waals surface area (Å²) in [5.41, 5.74) is 0.149. The summed E-state index contributed by atoms with van der Waals surface area (Å²) in [5, 5.41) is 10.2. The zero-order valence-corrected chi connectivity index (χ0v) is 16.1. The Kier molecular flexibility index (Phi) is 10.4. The molecule has 0 radical (unpaired) electrons. The Labute approximate surface area is 138 Å². The molecular formula is C17H39N5. The fourth-order valence-corrected chi connectivity index (χ4v) is 2.36. The van der Waals surface area contributed by atoms with Crippen LogP contribution in [0.15, 0.2) is 4.99 Å². The third-order valence-corrected chi connectivity index (χ3v) is 3.37. The van der Waals surface area contributed by atoms with E-state index in [1.807, 2.05) is 0 Å². The van der Waals surface area contributed by atoms with Crippen molar-refractivity contribution in [3.8, 4) is 0 Å². The van der Waals surface area contributed by atoms with E-state index in [0.717, 1.165) is 38.7 Å². The van der Waals surface area contributed by atoms with Gasteiger partial charge in [0.05, 0.1) is 6.54 Å². The SMILES string of the molecule is CCNC(=NCCNC(C)(C)C)NCCN(C(C)C)C(C)C. The second-order valence-electron chi connectivity index (χ2n) is 7.29. The van der Waals surface area contributed by atoms with E-state index < -0.39 is 0 Å². The molecule has 22 heavy (non-hydrogen) atoms. The average molecular weight is 314 g/mol. The maximum absolute atomic E-state index is 4.62. The highest BCUT2D eigenvalue weighted by Gasteiger charge is 2.12. The first kappa shape index (κ1) is 21.2. The Morgan fingerprint density at radius 3 is 2.05 bits per heavy atom. The fourth-order valence-electron chi connectivity index (χ4n) is 2.36. The van der Waals surface area contributed by atoms with Crippen molar-refractivity contribution < 1.29 is 0 Å². The average Bonchev–Trinajstić information content (AvgIpc) is 2.37. The highest BCUT2D eigenvalue weighted by atomic mass is 15.2. The van der Waals surface area contributed by atoms with Crippen LogP contribution in [0.4, 0.5) is 0 Å². The largest absolute Gasteiger partial charge is 0.357 e. The van der Waals surface area contributed by atoms with Gasteiger partial charge >= 0.3 is 0 Å². The van der Waals surface area contributed by atoms with Crippen LogP contribution in [0.2, 0.25) is 0 Å². The molecule has 0 fully saturated rings. The molecule has 0 saturated heterocycles. The summed E-state index contributed by atoms with van der Waals surface area (Å²) in [4.78, 5) is 7.10. The second-order valence-corrected chi connectivity index (χ2v) is 7.29. The number of hydrogen-bond acceptors (Lipinski definition) is 3. The van der Waals surface area contributed by atoms with Crippen LogP contribution in [0.25, 0.3) is 0 Å². The minimum absolute atomic E-state index is 0.149. The van der Waals surface area contributed by atoms with Gasteiger partial charge in [-0.15, -0.1) is 0 Å². The van der Waals surface area contributed by atoms with Crippen molar-refractivity contribution >= 4 is 5.96 Å². The van der Waals surface area contributed by atoms with Gasteiger partial charge in [0.2, 0.25) is 0 Å². The topological polar surface area (TPSA) is 51.7 Å². The highest BCUT2D eigenvalue weighted by molar-refractivity contribution is 5.79. The van der Waals surface area contributed by atoms with Crippen LogP contribution < -0.4 is 16.0 Å². The molecule has 0 aromatic heterocycles. The molecule has 0 amide bonds. The van der Waals surface area contributed by atoms with Gasteiger partial charge in [0, 0.05) is 43.8 Å². The maximum atomic E-state index is 4.62. The van der Waals surface area contributed by atoms with E-state index in [-0.39, 0.29) is 5.54 Å². The molecule has 0 spiro atoms. The van der Waals surface area contributed by atoms with Gasteiger partial charge in [-0.25, -0.2) is 0 Å². The van der Waals surface area contributed by atoms with E-state index in [0.29, 0.717) is 12.1 Å². The molecule has 5 heteroatoms. The monoisotopic (exact) mass is 313 g/mol. The van der Waals surface area contributed by atoms with E-state index in [4.69, 9.17) is 0 Å². The van der Waals surface area contributed by atoms with Crippen LogP contribution in [-0.4, -0.2) is 61.2 Å². The van der Waals surface area contributed by atoms with Crippen molar-refractivity contribution in [1.29, 1.82) is 0 Å². The molecule has 0 saturated carbocycles. The van der Waals surface area contributed by atoms with Gasteiger partial charge in [-0.05, 0) is 55.4 Å². The summed E-state index contributed by atoms with van der Waals surface area (Å²) < 4.78 is 0. The number of guanidine groups is 1. The van der Waals surface area contributed by atoms with Gasteiger partial charge in [-0.3, -0.25) is 9.89 Å². The lowest BCUT2D eigenvalue weighted by molar-refractivity contribution is 0.178. The van der Waals surface area contributed by atoms with Crippen LogP contribution in [0.3, 0.4) is 0 Å². The summed E-state index contributed by atoms with van der Waals surface area (Å²) in [7, 11) is 0. The van der Waals surface area contributed by atoms with Crippen molar-refractivity contribution in [2.24, 2.45) is 4.99 Å². The summed E-state index contributed by atoms with van der Waals surface area (Å²) >= 11 is 0. The standard InChI is InChI=1S/C17H39N5/c1-9-18-16(19-10-11-21-17(6,7)8)20-12-13-22(14(2)3)15(4)5/h14-15,21H,9-13H2,1-8H3,(H2,18,19,20). The molecule has 0 aromatic rings. The Balaban J connectivity index is 4.23. The highest BCUT2D eigenvalue weighted by Crippen LogP contribution is 2.03. The number of hydrogen-bond donors (Lipinski definition) is 3. The minimum Gasteiger partial charge on any atom is -0.357 e. The molecule has 0 heterocycles. The van der Waals surface area contributed by atoms with E-state index >= 15 is 0 Å². The first-order chi connectivity index (χ1) is 10.2. The molecule has 0 aromatic carbocycles. The van der Waals surface area contributed by atoms with Crippen LogP contribution in [0, 0.1) is 0 Å². The quantitative estimate of drug-likeness (QED) is 0.346. The normalized spacial score (nSPS) is 13.3. The molecule has 0 aliphatic rings. The van der Waals surface area contributed by atoms with Gasteiger partial charge < -0.3 is 16.0 Å². The van der Waals surface area contributed by atoms with E-state index in [9.17, 15) is 0 Å². The van der Waals surface area contributed by atoms with E-state index in [1.165, 1.54) is 0 Å². The Morgan fingerprint density at radius 2 is 1.59 bits per heavy atom. The Bertz CT molecular complexity index is 297. The first-order valence-electron chi connectivity index (χ1n) is 8.70. The second kappa shape index (κ2) is 10.8. The van der Waals surface area contributed by atoms with Crippen molar-refractivity contribution in [3.63, 3.8) is 0 Å². The molecule has 0 rings (SSSR count). The van der Waals surface area contributed by atoms with Crippen molar-refractivity contribution in [2.75, 3.05) is 32.7 Å². The molecule has 0 atom stereocenters. The van der Waals surface area contributed by atoms with Crippen LogP contribution >= 0.6 is 0 Å². The van der Waals surface area contributed by atoms with Gasteiger partial charge in [0.1, 0.15) is 0 Å². The zero-order valence-electron chi connectivity index (χ0n) is 16.1. The number of nitrogens with one attached hydrogen (secondary N) is 3. The molecule has 5 nitrogen and oxygen atoms in total. The molecular weight excluding hydrogens is 274 g/mol. The van der Waals surface area contributed by atoms with Gasteiger partial charge in [-0.2, -0.15) is 0 Å². The number of rotatable bonds is 9. The van der Waals surface area contributed by atoms with Crippen LogP contribution in [0.5, 0.6) is 0 Å². The molecule has 0 aliphatic carbocycles. The molecule has 3 N–H and O–H groups in total. The lowest BCUT2D eigenvalue weighted by atomic mass is 10.1. The van der Waals surface area contributed by atoms with E-state index in [1.54, 1.807) is 0 Å². The lowest BCUT2D eigenvalue weighted by Crippen LogP contribution is -2.45. The van der Waals surface area contributed by atoms with Crippen molar-refractivity contribution in [3.05, 3.63) is 0 Å². The molecule has 0 unspecified atom stereocenters. The Hall–Kier alpha value is -0.810. The zero-order chi connectivity index (χ0) is 17.2. The molecule has 0 aliphatic heterocycles. The van der Waals surface area contributed by atoms with Crippen LogP contribution in [-0.2, 0) is 0 Å². The third-order valence-electron chi connectivity index (χ3n) is 3.37. The smallest absolute Gasteiger partial charge is 0.191 e. The minimum atomic E-state index is 0.149. The molecule has 132 valence electrons. The Morgan fingerprint density at radius 1 is 1.00 bits per heavy atom.